The molecule has 0 bridgehead atoms. The number of rotatable bonds is 9. The molecule has 0 atom stereocenters. The minimum Gasteiger partial charge on any atom is -0.465 e. The molecule has 1 aromatic carbocycles. The molecular weight excluding hydrogens is 513 g/mol. The Morgan fingerprint density at radius 2 is 1.92 bits per heavy atom. The number of nitrogens with zero attached hydrogens (tertiary/aromatic N) is 3. The van der Waals surface area contributed by atoms with Crippen LogP contribution in [-0.4, -0.2) is 65.8 Å². The number of aryl methyl sites for hydroxylation is 1. The summed E-state index contributed by atoms with van der Waals surface area (Å²) in [5, 5.41) is 17.9. The summed E-state index contributed by atoms with van der Waals surface area (Å²) in [4.78, 5) is 23.8. The first-order valence-electron chi connectivity index (χ1n) is 10.9. The zero-order chi connectivity index (χ0) is 27.4. The van der Waals surface area contributed by atoms with E-state index in [1.54, 1.807) is 33.8 Å². The molecule has 0 unspecified atom stereocenters. The molecule has 1 heterocycles. The molecule has 0 saturated heterocycles. The summed E-state index contributed by atoms with van der Waals surface area (Å²) in [5.74, 6) is -1.14. The molecule has 198 valence electrons. The van der Waals surface area contributed by atoms with E-state index < -0.39 is 33.4 Å². The number of hydrogen-bond acceptors (Lipinski definition) is 5. The van der Waals surface area contributed by atoms with Crippen LogP contribution in [0.15, 0.2) is 35.0 Å². The second kappa shape index (κ2) is 11.4. The van der Waals surface area contributed by atoms with Crippen molar-refractivity contribution in [1.82, 2.24) is 24.7 Å². The number of benzene rings is 1. The molecule has 36 heavy (non-hydrogen) atoms. The number of nitrogens with one attached hydrogen (secondary N) is 2. The third kappa shape index (κ3) is 7.52. The van der Waals surface area contributed by atoms with Gasteiger partial charge in [-0.15, -0.1) is 0 Å². The van der Waals surface area contributed by atoms with Gasteiger partial charge in [-0.25, -0.2) is 21.9 Å². The monoisotopic (exact) mass is 543 g/mol. The van der Waals surface area contributed by atoms with Gasteiger partial charge < -0.3 is 15.7 Å². The summed E-state index contributed by atoms with van der Waals surface area (Å²) < 4.78 is 41.7. The number of aromatic nitrogens is 2. The van der Waals surface area contributed by atoms with Crippen molar-refractivity contribution in [1.29, 1.82) is 0 Å². The standard InChI is InChI=1S/C23H31ClFN5O5S/c1-14-17(11-15-7-8-19(18(24)12-15)36(34,35)29(5)6)20(21(31)27-23(2,3)4)30(28-14)13-16(25)9-10-26-22(32)33/h7-9,12,26H,10-11,13H2,1-6H3,(H,27,31)(H,32,33)/b16-9-. The van der Waals surface area contributed by atoms with Crippen LogP contribution in [0.3, 0.4) is 0 Å². The number of hydrogen-bond donors (Lipinski definition) is 3. The maximum Gasteiger partial charge on any atom is 0.404 e. The lowest BCUT2D eigenvalue weighted by atomic mass is 10.0. The zero-order valence-electron chi connectivity index (χ0n) is 21.0. The van der Waals surface area contributed by atoms with Gasteiger partial charge in [0.25, 0.3) is 5.91 Å². The fourth-order valence-electron chi connectivity index (χ4n) is 3.32. The van der Waals surface area contributed by atoms with Crippen LogP contribution in [0.2, 0.25) is 5.02 Å². The Labute approximate surface area is 215 Å². The van der Waals surface area contributed by atoms with Gasteiger partial charge in [0.1, 0.15) is 16.4 Å². The van der Waals surface area contributed by atoms with Crippen molar-refractivity contribution in [2.24, 2.45) is 0 Å². The van der Waals surface area contributed by atoms with Gasteiger partial charge in [0.05, 0.1) is 17.3 Å². The maximum atomic E-state index is 14.5. The van der Waals surface area contributed by atoms with Crippen molar-refractivity contribution >= 4 is 33.6 Å². The SMILES string of the molecule is Cc1nn(C/C(F)=C/CNC(=O)O)c(C(=O)NC(C)(C)C)c1Cc1ccc(S(=O)(=O)N(C)C)c(Cl)c1. The lowest BCUT2D eigenvalue weighted by Crippen LogP contribution is -2.42. The fraction of sp³-hybridized carbons (Fsp3) is 0.435. The molecule has 0 radical (unpaired) electrons. The van der Waals surface area contributed by atoms with Crippen molar-refractivity contribution in [3.63, 3.8) is 0 Å². The molecule has 0 saturated carbocycles. The van der Waals surface area contributed by atoms with Gasteiger partial charge in [0.15, 0.2) is 0 Å². The Hall–Kier alpha value is -2.96. The summed E-state index contributed by atoms with van der Waals surface area (Å²) in [7, 11) is -0.928. The number of carbonyl (C=O) groups excluding carboxylic acids is 1. The molecule has 0 fully saturated rings. The molecule has 13 heteroatoms. The van der Waals surface area contributed by atoms with Crippen molar-refractivity contribution in [2.45, 2.75) is 51.1 Å². The molecule has 0 aliphatic heterocycles. The molecule has 2 aromatic rings. The normalized spacial score (nSPS) is 12.6. The predicted octanol–water partition coefficient (Wildman–Crippen LogP) is 3.34. The van der Waals surface area contributed by atoms with E-state index in [-0.39, 0.29) is 35.1 Å². The number of carboxylic acid groups (broad SMARTS) is 1. The lowest BCUT2D eigenvalue weighted by molar-refractivity contribution is 0.0907. The predicted molar refractivity (Wildman–Crippen MR) is 135 cm³/mol. The van der Waals surface area contributed by atoms with Gasteiger partial charge in [-0.1, -0.05) is 17.7 Å². The highest BCUT2D eigenvalue weighted by atomic mass is 35.5. The lowest BCUT2D eigenvalue weighted by Gasteiger charge is -2.21. The summed E-state index contributed by atoms with van der Waals surface area (Å²) >= 11 is 6.29. The Bertz CT molecular complexity index is 1280. The van der Waals surface area contributed by atoms with Crippen molar-refractivity contribution in [2.75, 3.05) is 20.6 Å². The molecule has 0 spiro atoms. The van der Waals surface area contributed by atoms with E-state index in [9.17, 15) is 22.4 Å². The molecule has 10 nitrogen and oxygen atoms in total. The minimum absolute atomic E-state index is 0.0341. The smallest absolute Gasteiger partial charge is 0.404 e. The first-order chi connectivity index (χ1) is 16.5. The van der Waals surface area contributed by atoms with Gasteiger partial charge in [0.2, 0.25) is 10.0 Å². The molecule has 3 N–H and O–H groups in total. The molecule has 2 amide bonds. The molecule has 0 aliphatic carbocycles. The molecule has 0 aliphatic rings. The zero-order valence-corrected chi connectivity index (χ0v) is 22.6. The highest BCUT2D eigenvalue weighted by molar-refractivity contribution is 7.89. The highest BCUT2D eigenvalue weighted by Crippen LogP contribution is 2.27. The van der Waals surface area contributed by atoms with Gasteiger partial charge in [-0.05, 0) is 51.5 Å². The number of carbonyl (C=O) groups is 2. The maximum absolute atomic E-state index is 14.5. The summed E-state index contributed by atoms with van der Waals surface area (Å²) in [5.41, 5.74) is 1.19. The average molecular weight is 544 g/mol. The van der Waals surface area contributed by atoms with Crippen LogP contribution in [0.1, 0.15) is 48.1 Å². The van der Waals surface area contributed by atoms with Crippen LogP contribution < -0.4 is 10.6 Å². The first kappa shape index (κ1) is 29.3. The van der Waals surface area contributed by atoms with E-state index >= 15 is 0 Å². The van der Waals surface area contributed by atoms with E-state index in [2.05, 4.69) is 10.4 Å². The molecular formula is C23H31ClFN5O5S. The van der Waals surface area contributed by atoms with Crippen LogP contribution in [0.5, 0.6) is 0 Å². The van der Waals surface area contributed by atoms with Crippen molar-refractivity contribution in [3.8, 4) is 0 Å². The topological polar surface area (TPSA) is 134 Å². The minimum atomic E-state index is -3.74. The van der Waals surface area contributed by atoms with E-state index in [1.807, 2.05) is 5.32 Å². The number of amides is 2. The van der Waals surface area contributed by atoms with Crippen LogP contribution >= 0.6 is 11.6 Å². The van der Waals surface area contributed by atoms with Crippen molar-refractivity contribution < 1.29 is 27.5 Å². The van der Waals surface area contributed by atoms with E-state index in [1.165, 1.54) is 30.9 Å². The summed E-state index contributed by atoms with van der Waals surface area (Å²) in [6, 6.07) is 4.51. The van der Waals surface area contributed by atoms with Crippen LogP contribution in [-0.2, 0) is 23.0 Å². The van der Waals surface area contributed by atoms with Gasteiger partial charge >= 0.3 is 6.09 Å². The third-order valence-electron chi connectivity index (χ3n) is 4.97. The first-order valence-corrected chi connectivity index (χ1v) is 12.8. The van der Waals surface area contributed by atoms with Gasteiger partial charge in [0, 0.05) is 38.2 Å². The fourth-order valence-corrected chi connectivity index (χ4v) is 4.75. The molecule has 2 rings (SSSR count). The second-order valence-electron chi connectivity index (χ2n) is 9.34. The quantitative estimate of drug-likeness (QED) is 0.444. The van der Waals surface area contributed by atoms with Crippen LogP contribution in [0.25, 0.3) is 0 Å². The van der Waals surface area contributed by atoms with E-state index in [0.29, 0.717) is 16.8 Å². The van der Waals surface area contributed by atoms with E-state index in [0.717, 1.165) is 10.4 Å². The second-order valence-corrected chi connectivity index (χ2v) is 11.9. The third-order valence-corrected chi connectivity index (χ3v) is 7.27. The summed E-state index contributed by atoms with van der Waals surface area (Å²) in [6.07, 6.45) is -0.0448. The Morgan fingerprint density at radius 1 is 1.28 bits per heavy atom. The number of sulfonamides is 1. The summed E-state index contributed by atoms with van der Waals surface area (Å²) in [6.45, 7) is 6.48. The van der Waals surface area contributed by atoms with Crippen LogP contribution in [0, 0.1) is 6.92 Å². The van der Waals surface area contributed by atoms with Gasteiger partial charge in [-0.2, -0.15) is 5.10 Å². The largest absolute Gasteiger partial charge is 0.465 e. The number of allylic oxidation sites excluding steroid dienone is 1. The number of halogens is 2. The highest BCUT2D eigenvalue weighted by Gasteiger charge is 2.26. The van der Waals surface area contributed by atoms with E-state index in [4.69, 9.17) is 16.7 Å². The van der Waals surface area contributed by atoms with Crippen molar-refractivity contribution in [3.05, 3.63) is 57.6 Å². The van der Waals surface area contributed by atoms with Crippen LogP contribution in [0.4, 0.5) is 9.18 Å². The Morgan fingerprint density at radius 3 is 2.44 bits per heavy atom. The Kier molecular flexibility index (Phi) is 9.27. The van der Waals surface area contributed by atoms with Gasteiger partial charge in [-0.3, -0.25) is 9.48 Å². The molecule has 1 aromatic heterocycles. The average Bonchev–Trinajstić information content (AvgIpc) is 3.00. The Balaban J connectivity index is 2.49.